The van der Waals surface area contributed by atoms with Gasteiger partial charge in [0.2, 0.25) is 12.2 Å². The minimum atomic E-state index is -0.723. The Balaban J connectivity index is 2.66. The van der Waals surface area contributed by atoms with Crippen LogP contribution >= 0.6 is 23.2 Å². The fourth-order valence-corrected chi connectivity index (χ4v) is 2.67. The number of aromatic nitrogens is 2. The molecule has 0 aliphatic rings. The van der Waals surface area contributed by atoms with Crippen LogP contribution in [0.4, 0.5) is 11.8 Å². The normalized spacial score (nSPS) is 11.2. The van der Waals surface area contributed by atoms with Gasteiger partial charge in [-0.05, 0) is 26.0 Å². The third-order valence-electron chi connectivity index (χ3n) is 3.04. The largest absolute Gasteiger partial charge is 0.383 e. The molecule has 1 aromatic carbocycles. The average molecular weight is 357 g/mol. The van der Waals surface area contributed by atoms with E-state index in [9.17, 15) is 0 Å². The molecule has 0 amide bonds. The molecule has 0 atom stereocenters. The monoisotopic (exact) mass is 356 g/mol. The lowest BCUT2D eigenvalue weighted by atomic mass is 10.0. The van der Waals surface area contributed by atoms with Gasteiger partial charge < -0.3 is 20.9 Å². The van der Waals surface area contributed by atoms with E-state index in [4.69, 9.17) is 44.1 Å². The Kier molecular flexibility index (Phi) is 6.01. The second kappa shape index (κ2) is 7.79. The molecule has 8 heteroatoms. The van der Waals surface area contributed by atoms with Gasteiger partial charge in [-0.25, -0.2) is 4.98 Å². The average Bonchev–Trinajstić information content (AvgIpc) is 2.47. The van der Waals surface area contributed by atoms with Crippen LogP contribution in [-0.4, -0.2) is 23.2 Å². The van der Waals surface area contributed by atoms with Crippen molar-refractivity contribution in [1.29, 1.82) is 0 Å². The quantitative estimate of drug-likeness (QED) is 0.766. The second-order valence-corrected chi connectivity index (χ2v) is 5.44. The highest BCUT2D eigenvalue weighted by Gasteiger charge is 2.24. The summed E-state index contributed by atoms with van der Waals surface area (Å²) in [5.74, 6) is 0.233. The maximum atomic E-state index is 6.30. The van der Waals surface area contributed by atoms with Crippen molar-refractivity contribution in [3.05, 3.63) is 33.9 Å². The van der Waals surface area contributed by atoms with Crippen LogP contribution in [0.2, 0.25) is 10.0 Å². The minimum absolute atomic E-state index is 0.0377. The number of nitrogen functional groups attached to an aromatic ring is 2. The molecule has 0 saturated heterocycles. The van der Waals surface area contributed by atoms with Crippen LogP contribution in [0.25, 0.3) is 11.1 Å². The van der Waals surface area contributed by atoms with Gasteiger partial charge in [-0.2, -0.15) is 4.98 Å². The lowest BCUT2D eigenvalue weighted by molar-refractivity contribution is -0.142. The Morgan fingerprint density at radius 3 is 2.30 bits per heavy atom. The van der Waals surface area contributed by atoms with E-state index in [1.54, 1.807) is 18.2 Å². The van der Waals surface area contributed by atoms with Crippen molar-refractivity contribution >= 4 is 35.0 Å². The maximum absolute atomic E-state index is 6.30. The van der Waals surface area contributed by atoms with Crippen molar-refractivity contribution in [2.45, 2.75) is 20.1 Å². The molecule has 4 N–H and O–H groups in total. The molecule has 2 aromatic rings. The molecule has 0 bridgehead atoms. The predicted octanol–water partition coefficient (Wildman–Crippen LogP) is 3.69. The van der Waals surface area contributed by atoms with Gasteiger partial charge in [-0.1, -0.05) is 29.3 Å². The van der Waals surface area contributed by atoms with Gasteiger partial charge in [0.15, 0.2) is 0 Å². The highest BCUT2D eigenvalue weighted by atomic mass is 35.5. The molecule has 0 radical (unpaired) electrons. The van der Waals surface area contributed by atoms with E-state index < -0.39 is 6.29 Å². The predicted molar refractivity (Wildman–Crippen MR) is 92.3 cm³/mol. The van der Waals surface area contributed by atoms with Crippen LogP contribution in [0.1, 0.15) is 25.8 Å². The van der Waals surface area contributed by atoms with E-state index in [2.05, 4.69) is 9.97 Å². The first-order valence-electron chi connectivity index (χ1n) is 7.09. The summed E-state index contributed by atoms with van der Waals surface area (Å²) in [4.78, 5) is 8.27. The number of nitrogens with zero attached hydrogens (tertiary/aromatic N) is 2. The Morgan fingerprint density at radius 2 is 1.74 bits per heavy atom. The third kappa shape index (κ3) is 4.03. The Labute approximate surface area is 144 Å². The van der Waals surface area contributed by atoms with Gasteiger partial charge >= 0.3 is 0 Å². The fourth-order valence-electron chi connectivity index (χ4n) is 2.16. The first kappa shape index (κ1) is 17.7. The lowest BCUT2D eigenvalue weighted by Crippen LogP contribution is -2.15. The zero-order valence-corrected chi connectivity index (χ0v) is 14.4. The van der Waals surface area contributed by atoms with Gasteiger partial charge in [-0.3, -0.25) is 0 Å². The topological polar surface area (TPSA) is 96.3 Å². The number of hydrogen-bond acceptors (Lipinski definition) is 6. The number of anilines is 2. The van der Waals surface area contributed by atoms with E-state index in [0.717, 1.165) is 0 Å². The van der Waals surface area contributed by atoms with Gasteiger partial charge in [0.25, 0.3) is 0 Å². The van der Waals surface area contributed by atoms with E-state index in [-0.39, 0.29) is 11.8 Å². The Morgan fingerprint density at radius 1 is 1.09 bits per heavy atom. The van der Waals surface area contributed by atoms with Crippen LogP contribution in [0.3, 0.4) is 0 Å². The minimum Gasteiger partial charge on any atom is -0.383 e. The third-order valence-corrected chi connectivity index (χ3v) is 3.59. The van der Waals surface area contributed by atoms with Crippen molar-refractivity contribution in [2.75, 3.05) is 24.7 Å². The fraction of sp³-hybridized carbons (Fsp3) is 0.333. The van der Waals surface area contributed by atoms with Gasteiger partial charge in [0.05, 0.1) is 10.6 Å². The van der Waals surface area contributed by atoms with E-state index >= 15 is 0 Å². The number of nitrogens with two attached hydrogens (primary N) is 2. The molecule has 0 spiro atoms. The summed E-state index contributed by atoms with van der Waals surface area (Å²) in [5, 5.41) is 0.937. The zero-order chi connectivity index (χ0) is 17.0. The van der Waals surface area contributed by atoms with Crippen molar-refractivity contribution in [3.63, 3.8) is 0 Å². The number of benzene rings is 1. The van der Waals surface area contributed by atoms with E-state index in [0.29, 0.717) is 40.1 Å². The number of ether oxygens (including phenoxy) is 2. The van der Waals surface area contributed by atoms with E-state index in [1.807, 2.05) is 13.8 Å². The summed E-state index contributed by atoms with van der Waals surface area (Å²) < 4.78 is 11.2. The lowest BCUT2D eigenvalue weighted by Gasteiger charge is -2.21. The van der Waals surface area contributed by atoms with Crippen LogP contribution in [0.5, 0.6) is 0 Å². The molecule has 0 aliphatic carbocycles. The Bertz CT molecular complexity index is 691. The van der Waals surface area contributed by atoms with Gasteiger partial charge in [0.1, 0.15) is 11.5 Å². The van der Waals surface area contributed by atoms with Crippen molar-refractivity contribution in [2.24, 2.45) is 0 Å². The first-order chi connectivity index (χ1) is 11.0. The number of halogens is 2. The molecule has 0 fully saturated rings. The summed E-state index contributed by atoms with van der Waals surface area (Å²) in [6.45, 7) is 4.58. The standard InChI is InChI=1S/C15H18Cl2N4O2/c1-3-22-14(23-4-2)12-11(13(18)21-15(19)20-12)9-6-5-8(16)7-10(9)17/h5-7,14H,3-4H2,1-2H3,(H4,18,19,20,21). The van der Waals surface area contributed by atoms with Crippen LogP contribution < -0.4 is 11.5 Å². The smallest absolute Gasteiger partial charge is 0.222 e. The van der Waals surface area contributed by atoms with Crippen molar-refractivity contribution in [1.82, 2.24) is 9.97 Å². The number of hydrogen-bond donors (Lipinski definition) is 2. The van der Waals surface area contributed by atoms with Crippen LogP contribution in [-0.2, 0) is 9.47 Å². The van der Waals surface area contributed by atoms with Crippen molar-refractivity contribution < 1.29 is 9.47 Å². The molecular formula is C15H18Cl2N4O2. The molecule has 124 valence electrons. The molecule has 2 rings (SSSR count). The molecule has 0 unspecified atom stereocenters. The second-order valence-electron chi connectivity index (χ2n) is 4.59. The first-order valence-corrected chi connectivity index (χ1v) is 7.85. The highest BCUT2D eigenvalue weighted by molar-refractivity contribution is 6.36. The number of rotatable bonds is 6. The summed E-state index contributed by atoms with van der Waals surface area (Å²) in [7, 11) is 0. The van der Waals surface area contributed by atoms with Gasteiger partial charge in [0, 0.05) is 23.8 Å². The molecule has 1 aromatic heterocycles. The van der Waals surface area contributed by atoms with E-state index in [1.165, 1.54) is 0 Å². The molecule has 1 heterocycles. The SMILES string of the molecule is CCOC(OCC)c1nc(N)nc(N)c1-c1ccc(Cl)cc1Cl. The summed E-state index contributed by atoms with van der Waals surface area (Å²) in [6.07, 6.45) is -0.723. The molecule has 6 nitrogen and oxygen atoms in total. The Hall–Kier alpha value is -1.60. The highest BCUT2D eigenvalue weighted by Crippen LogP contribution is 2.38. The summed E-state index contributed by atoms with van der Waals surface area (Å²) in [5.41, 5.74) is 13.4. The van der Waals surface area contributed by atoms with Gasteiger partial charge in [-0.15, -0.1) is 0 Å². The maximum Gasteiger partial charge on any atom is 0.222 e. The summed E-state index contributed by atoms with van der Waals surface area (Å²) in [6, 6.07) is 5.07. The van der Waals surface area contributed by atoms with Crippen LogP contribution in [0.15, 0.2) is 18.2 Å². The molecule has 0 aliphatic heterocycles. The van der Waals surface area contributed by atoms with Crippen LogP contribution in [0, 0.1) is 0 Å². The molecule has 0 saturated carbocycles. The molecule has 23 heavy (non-hydrogen) atoms. The zero-order valence-electron chi connectivity index (χ0n) is 12.8. The summed E-state index contributed by atoms with van der Waals surface area (Å²) >= 11 is 12.3. The molecular weight excluding hydrogens is 339 g/mol. The van der Waals surface area contributed by atoms with Crippen molar-refractivity contribution in [3.8, 4) is 11.1 Å².